The van der Waals surface area contributed by atoms with E-state index in [2.05, 4.69) is 35.5 Å². The van der Waals surface area contributed by atoms with Gasteiger partial charge in [0.1, 0.15) is 0 Å². The molecule has 0 saturated heterocycles. The Hall–Kier alpha value is -3.90. The van der Waals surface area contributed by atoms with Crippen molar-refractivity contribution < 1.29 is 4.79 Å². The largest absolute Gasteiger partial charge is 0.358 e. The van der Waals surface area contributed by atoms with Gasteiger partial charge in [0.2, 0.25) is 5.91 Å². The van der Waals surface area contributed by atoms with Gasteiger partial charge >= 0.3 is 0 Å². The van der Waals surface area contributed by atoms with E-state index in [0.29, 0.717) is 52.8 Å². The Bertz CT molecular complexity index is 1580. The Labute approximate surface area is 274 Å². The maximum atomic E-state index is 13.4. The molecule has 0 spiro atoms. The molecule has 0 fully saturated rings. The smallest absolute Gasteiger partial charge is 0.226 e. The molecule has 4 rings (SSSR count). The number of hydrogen-bond donors (Lipinski definition) is 2. The number of carbonyl (C=O) groups excluding carboxylic acids is 1. The van der Waals surface area contributed by atoms with Crippen LogP contribution < -0.4 is 10.6 Å². The Morgan fingerprint density at radius 1 is 1.05 bits per heavy atom. The molecule has 7 nitrogen and oxygen atoms in total. The summed E-state index contributed by atoms with van der Waals surface area (Å²) in [4.78, 5) is 19.7. The van der Waals surface area contributed by atoms with Crippen molar-refractivity contribution in [2.75, 3.05) is 6.54 Å². The standard InChI is InChI=1S/C34H36Cl2N6OS/c1-24(2)15-29(40-32(43)16-30-19-38-23-42(30)20-27-13-11-25(17-37)12-14-27)22-41(21-28-9-6-10-31(35)33(28)36)34(44)39-18-26-7-4-3-5-8-26/h3-14,19,23-24,29H,15-16,18,20-22H2,1-2H3,(H,39,44)(H,40,43)/t29-/m0/s1. The molecule has 10 heteroatoms. The van der Waals surface area contributed by atoms with Crippen molar-refractivity contribution in [2.45, 2.75) is 52.4 Å². The molecule has 0 radical (unpaired) electrons. The molecular formula is C34H36Cl2N6OS. The van der Waals surface area contributed by atoms with Crippen molar-refractivity contribution in [1.29, 1.82) is 5.26 Å². The summed E-state index contributed by atoms with van der Waals surface area (Å²) in [6, 6.07) is 25.0. The molecule has 2 N–H and O–H groups in total. The Morgan fingerprint density at radius 3 is 2.50 bits per heavy atom. The first-order valence-corrected chi connectivity index (χ1v) is 15.6. The summed E-state index contributed by atoms with van der Waals surface area (Å²) < 4.78 is 1.95. The number of nitrogens with zero attached hydrogens (tertiary/aromatic N) is 4. The molecular weight excluding hydrogens is 611 g/mol. The van der Waals surface area contributed by atoms with Crippen molar-refractivity contribution in [3.8, 4) is 6.07 Å². The first kappa shape index (κ1) is 33.0. The lowest BCUT2D eigenvalue weighted by molar-refractivity contribution is -0.121. The monoisotopic (exact) mass is 646 g/mol. The summed E-state index contributed by atoms with van der Waals surface area (Å²) >= 11 is 18.8. The summed E-state index contributed by atoms with van der Waals surface area (Å²) in [6.07, 6.45) is 4.38. The van der Waals surface area contributed by atoms with E-state index in [0.717, 1.165) is 28.8 Å². The number of amides is 1. The highest BCUT2D eigenvalue weighted by Gasteiger charge is 2.22. The van der Waals surface area contributed by atoms with Gasteiger partial charge in [-0.15, -0.1) is 0 Å². The van der Waals surface area contributed by atoms with Gasteiger partial charge < -0.3 is 20.1 Å². The third-order valence-electron chi connectivity index (χ3n) is 7.10. The highest BCUT2D eigenvalue weighted by Crippen LogP contribution is 2.27. The SMILES string of the molecule is CC(C)C[C@@H](CN(Cc1cccc(Cl)c1Cl)C(=S)NCc1ccccc1)NC(=O)Cc1cncn1Cc1ccc(C#N)cc1. The summed E-state index contributed by atoms with van der Waals surface area (Å²) in [5.41, 5.74) is 4.40. The lowest BCUT2D eigenvalue weighted by atomic mass is 10.0. The Morgan fingerprint density at radius 2 is 1.80 bits per heavy atom. The molecule has 1 amide bonds. The fraction of sp³-hybridized carbons (Fsp3) is 0.294. The minimum Gasteiger partial charge on any atom is -0.358 e. The molecule has 0 bridgehead atoms. The van der Waals surface area contributed by atoms with Crippen LogP contribution in [0, 0.1) is 17.2 Å². The van der Waals surface area contributed by atoms with Crippen LogP contribution in [0.2, 0.25) is 10.0 Å². The van der Waals surface area contributed by atoms with Crippen LogP contribution in [0.4, 0.5) is 0 Å². The highest BCUT2D eigenvalue weighted by molar-refractivity contribution is 7.80. The topological polar surface area (TPSA) is 86.0 Å². The number of rotatable bonds is 13. The number of aromatic nitrogens is 2. The van der Waals surface area contributed by atoms with Gasteiger partial charge in [-0.2, -0.15) is 5.26 Å². The molecule has 4 aromatic rings. The quantitative estimate of drug-likeness (QED) is 0.156. The van der Waals surface area contributed by atoms with E-state index in [-0.39, 0.29) is 18.4 Å². The minimum atomic E-state index is -0.174. The summed E-state index contributed by atoms with van der Waals surface area (Å²) in [7, 11) is 0. The van der Waals surface area contributed by atoms with Crippen molar-refractivity contribution in [1.82, 2.24) is 25.1 Å². The maximum Gasteiger partial charge on any atom is 0.226 e. The van der Waals surface area contributed by atoms with Gasteiger partial charge in [0.05, 0.1) is 34.4 Å². The van der Waals surface area contributed by atoms with Crippen LogP contribution in [0.25, 0.3) is 0 Å². The number of carbonyl (C=O) groups is 1. The average molecular weight is 648 g/mol. The summed E-state index contributed by atoms with van der Waals surface area (Å²) in [6.45, 7) is 6.31. The van der Waals surface area contributed by atoms with E-state index in [1.165, 1.54) is 0 Å². The molecule has 0 aliphatic rings. The highest BCUT2D eigenvalue weighted by atomic mass is 35.5. The molecule has 0 aliphatic heterocycles. The van der Waals surface area contributed by atoms with Crippen LogP contribution in [-0.2, 0) is 30.8 Å². The van der Waals surface area contributed by atoms with Gasteiger partial charge in [0.25, 0.3) is 0 Å². The van der Waals surface area contributed by atoms with Gasteiger partial charge in [0.15, 0.2) is 5.11 Å². The van der Waals surface area contributed by atoms with Crippen LogP contribution in [0.3, 0.4) is 0 Å². The van der Waals surface area contributed by atoms with Gasteiger partial charge in [0, 0.05) is 44.1 Å². The predicted molar refractivity (Wildman–Crippen MR) is 180 cm³/mol. The number of thiocarbonyl (C=S) groups is 1. The number of benzene rings is 3. The first-order chi connectivity index (χ1) is 21.2. The molecule has 1 aromatic heterocycles. The number of hydrogen-bond acceptors (Lipinski definition) is 4. The fourth-order valence-electron chi connectivity index (χ4n) is 4.96. The predicted octanol–water partition coefficient (Wildman–Crippen LogP) is 6.76. The Balaban J connectivity index is 1.47. The van der Waals surface area contributed by atoms with Gasteiger partial charge in [-0.05, 0) is 59.4 Å². The van der Waals surface area contributed by atoms with Gasteiger partial charge in [-0.1, -0.05) is 91.6 Å². The summed E-state index contributed by atoms with van der Waals surface area (Å²) in [5.74, 6) is 0.241. The molecule has 228 valence electrons. The molecule has 0 aliphatic carbocycles. The van der Waals surface area contributed by atoms with Gasteiger partial charge in [-0.25, -0.2) is 4.98 Å². The zero-order chi connectivity index (χ0) is 31.5. The van der Waals surface area contributed by atoms with E-state index in [4.69, 9.17) is 40.7 Å². The van der Waals surface area contributed by atoms with Gasteiger partial charge in [-0.3, -0.25) is 4.79 Å². The van der Waals surface area contributed by atoms with E-state index in [9.17, 15) is 4.79 Å². The number of nitrogens with one attached hydrogen (secondary N) is 2. The van der Waals surface area contributed by atoms with Crippen LogP contribution in [0.1, 0.15) is 48.2 Å². The van der Waals surface area contributed by atoms with Crippen LogP contribution in [0.15, 0.2) is 85.3 Å². The normalized spacial score (nSPS) is 11.5. The second kappa shape index (κ2) is 16.2. The molecule has 1 atom stereocenters. The van der Waals surface area contributed by atoms with E-state index < -0.39 is 0 Å². The zero-order valence-electron chi connectivity index (χ0n) is 24.8. The van der Waals surface area contributed by atoms with E-state index >= 15 is 0 Å². The van der Waals surface area contributed by atoms with E-state index in [1.807, 2.05) is 64.1 Å². The fourth-order valence-corrected chi connectivity index (χ4v) is 5.55. The third-order valence-corrected chi connectivity index (χ3v) is 8.37. The maximum absolute atomic E-state index is 13.4. The molecule has 0 unspecified atom stereocenters. The number of halogens is 2. The van der Waals surface area contributed by atoms with Crippen molar-refractivity contribution in [2.24, 2.45) is 5.92 Å². The van der Waals surface area contributed by atoms with Crippen molar-refractivity contribution in [3.63, 3.8) is 0 Å². The molecule has 0 saturated carbocycles. The second-order valence-electron chi connectivity index (χ2n) is 11.1. The third kappa shape index (κ3) is 9.81. The van der Waals surface area contributed by atoms with E-state index in [1.54, 1.807) is 30.7 Å². The lowest BCUT2D eigenvalue weighted by Gasteiger charge is -2.32. The average Bonchev–Trinajstić information content (AvgIpc) is 3.44. The lowest BCUT2D eigenvalue weighted by Crippen LogP contribution is -2.49. The number of imidazole rings is 1. The van der Waals surface area contributed by atoms with Crippen LogP contribution in [0.5, 0.6) is 0 Å². The molecule has 44 heavy (non-hydrogen) atoms. The van der Waals surface area contributed by atoms with Crippen LogP contribution in [-0.4, -0.2) is 38.1 Å². The zero-order valence-corrected chi connectivity index (χ0v) is 27.2. The van der Waals surface area contributed by atoms with Crippen molar-refractivity contribution >= 4 is 46.4 Å². The first-order valence-electron chi connectivity index (χ1n) is 14.5. The molecule has 3 aromatic carbocycles. The minimum absolute atomic E-state index is 0.0962. The van der Waals surface area contributed by atoms with Crippen molar-refractivity contribution in [3.05, 3.63) is 123 Å². The van der Waals surface area contributed by atoms with Crippen LogP contribution >= 0.6 is 35.4 Å². The number of nitriles is 1. The Kier molecular flexibility index (Phi) is 12.2. The summed E-state index contributed by atoms with van der Waals surface area (Å²) in [5, 5.41) is 17.3. The molecule has 1 heterocycles. The second-order valence-corrected chi connectivity index (χ2v) is 12.3.